The molecule has 3 aromatic rings. The molecule has 0 heterocycles. The Morgan fingerprint density at radius 1 is 1.03 bits per heavy atom. The van der Waals surface area contributed by atoms with Gasteiger partial charge >= 0.3 is 0 Å². The van der Waals surface area contributed by atoms with Gasteiger partial charge in [0, 0.05) is 21.8 Å². The van der Waals surface area contributed by atoms with Gasteiger partial charge in [-0.2, -0.15) is 5.10 Å². The summed E-state index contributed by atoms with van der Waals surface area (Å²) in [5.74, 6) is -0.430. The van der Waals surface area contributed by atoms with Crippen molar-refractivity contribution in [2.45, 2.75) is 4.90 Å². The molecule has 0 bridgehead atoms. The number of halogens is 1. The number of sulfonamides is 1. The number of anilines is 1. The lowest BCUT2D eigenvalue weighted by Crippen LogP contribution is -2.19. The molecule has 0 aliphatic rings. The van der Waals surface area contributed by atoms with Crippen molar-refractivity contribution >= 4 is 39.4 Å². The molecule has 3 N–H and O–H groups in total. The van der Waals surface area contributed by atoms with Crippen molar-refractivity contribution in [2.24, 2.45) is 5.10 Å². The number of hydrazone groups is 1. The number of hydrogen-bond donors (Lipinski definition) is 3. The van der Waals surface area contributed by atoms with Gasteiger partial charge in [-0.25, -0.2) is 13.8 Å². The van der Waals surface area contributed by atoms with E-state index in [0.717, 1.165) is 0 Å². The fourth-order valence-electron chi connectivity index (χ4n) is 2.75. The molecule has 0 saturated carbocycles. The highest BCUT2D eigenvalue weighted by Crippen LogP contribution is 2.36. The van der Waals surface area contributed by atoms with Crippen molar-refractivity contribution < 1.29 is 27.8 Å². The molecule has 0 aliphatic carbocycles. The van der Waals surface area contributed by atoms with Gasteiger partial charge in [0.05, 0.1) is 25.3 Å². The lowest BCUT2D eigenvalue weighted by atomic mass is 10.2. The van der Waals surface area contributed by atoms with Gasteiger partial charge in [-0.3, -0.25) is 9.52 Å². The van der Waals surface area contributed by atoms with Crippen LogP contribution in [0.1, 0.15) is 15.9 Å². The minimum Gasteiger partial charge on any atom is -0.502 e. The molecule has 11 heteroatoms. The van der Waals surface area contributed by atoms with Gasteiger partial charge in [0.25, 0.3) is 15.9 Å². The van der Waals surface area contributed by atoms with E-state index in [1.54, 1.807) is 12.1 Å². The average molecular weight is 490 g/mol. The smallest absolute Gasteiger partial charge is 0.271 e. The number of amides is 1. The van der Waals surface area contributed by atoms with Crippen LogP contribution < -0.4 is 19.6 Å². The first-order valence-corrected chi connectivity index (χ1v) is 11.3. The predicted molar refractivity (Wildman–Crippen MR) is 125 cm³/mol. The standard InChI is InChI=1S/C22H20ClN3O6S/c1-31-19-10-14(11-20(32-2)21(19)27)13-24-25-22(28)15-4-3-5-18(12-15)33(29,30)26-17-8-6-16(23)7-9-17/h3-13,26-27H,1-2H3,(H,25,28)/b24-13+. The zero-order valence-electron chi connectivity index (χ0n) is 17.6. The minimum atomic E-state index is -3.93. The largest absolute Gasteiger partial charge is 0.502 e. The highest BCUT2D eigenvalue weighted by Gasteiger charge is 2.17. The molecule has 0 aromatic heterocycles. The van der Waals surface area contributed by atoms with Crippen molar-refractivity contribution in [3.05, 3.63) is 76.8 Å². The van der Waals surface area contributed by atoms with Crippen LogP contribution in [0.15, 0.2) is 70.7 Å². The summed E-state index contributed by atoms with van der Waals surface area (Å²) in [6.07, 6.45) is 1.32. The first-order chi connectivity index (χ1) is 15.7. The number of nitrogens with zero attached hydrogens (tertiary/aromatic N) is 1. The van der Waals surface area contributed by atoms with Crippen molar-refractivity contribution in [3.8, 4) is 17.2 Å². The Bertz CT molecular complexity index is 1270. The molecule has 0 fully saturated rings. The summed E-state index contributed by atoms with van der Waals surface area (Å²) in [7, 11) is -1.15. The zero-order valence-corrected chi connectivity index (χ0v) is 19.1. The second-order valence-corrected chi connectivity index (χ2v) is 8.73. The lowest BCUT2D eigenvalue weighted by Gasteiger charge is -2.10. The summed E-state index contributed by atoms with van der Waals surface area (Å²) in [6.45, 7) is 0. The normalized spacial score (nSPS) is 11.2. The second kappa shape index (κ2) is 10.2. The number of ether oxygens (including phenoxy) is 2. The van der Waals surface area contributed by atoms with Gasteiger partial charge in [0.1, 0.15) is 0 Å². The number of carbonyl (C=O) groups is 1. The minimum absolute atomic E-state index is 0.0898. The molecular formula is C22H20ClN3O6S. The van der Waals surface area contributed by atoms with Crippen molar-refractivity contribution in [2.75, 3.05) is 18.9 Å². The Kier molecular flexibility index (Phi) is 7.41. The van der Waals surface area contributed by atoms with E-state index in [4.69, 9.17) is 21.1 Å². The van der Waals surface area contributed by atoms with Crippen LogP contribution in [0, 0.1) is 0 Å². The number of phenols is 1. The molecule has 172 valence electrons. The van der Waals surface area contributed by atoms with Crippen LogP contribution >= 0.6 is 11.6 Å². The van der Waals surface area contributed by atoms with E-state index in [0.29, 0.717) is 16.3 Å². The number of carbonyl (C=O) groups excluding carboxylic acids is 1. The quantitative estimate of drug-likeness (QED) is 0.327. The van der Waals surface area contributed by atoms with Crippen LogP contribution in [0.3, 0.4) is 0 Å². The van der Waals surface area contributed by atoms with Crippen LogP contribution in [0.25, 0.3) is 0 Å². The summed E-state index contributed by atoms with van der Waals surface area (Å²) < 4.78 is 37.9. The van der Waals surface area contributed by atoms with Gasteiger partial charge in [-0.1, -0.05) is 17.7 Å². The fourth-order valence-corrected chi connectivity index (χ4v) is 3.98. The monoisotopic (exact) mass is 489 g/mol. The average Bonchev–Trinajstić information content (AvgIpc) is 2.81. The van der Waals surface area contributed by atoms with E-state index in [2.05, 4.69) is 15.2 Å². The van der Waals surface area contributed by atoms with E-state index in [1.807, 2.05) is 0 Å². The molecular weight excluding hydrogens is 470 g/mol. The molecule has 1 amide bonds. The summed E-state index contributed by atoms with van der Waals surface area (Å²) in [5, 5.41) is 14.3. The van der Waals surface area contributed by atoms with Gasteiger partial charge < -0.3 is 14.6 Å². The van der Waals surface area contributed by atoms with Gasteiger partial charge in [-0.05, 0) is 54.6 Å². The maximum atomic E-state index is 12.7. The van der Waals surface area contributed by atoms with E-state index in [-0.39, 0.29) is 27.7 Å². The van der Waals surface area contributed by atoms with Crippen molar-refractivity contribution in [1.82, 2.24) is 5.43 Å². The van der Waals surface area contributed by atoms with Crippen LogP contribution in [-0.4, -0.2) is 39.9 Å². The Morgan fingerprint density at radius 2 is 1.67 bits per heavy atom. The first kappa shape index (κ1) is 23.9. The zero-order chi connectivity index (χ0) is 24.0. The Labute approximate surface area is 195 Å². The van der Waals surface area contributed by atoms with Gasteiger partial charge in [-0.15, -0.1) is 0 Å². The maximum Gasteiger partial charge on any atom is 0.271 e. The van der Waals surface area contributed by atoms with Crippen molar-refractivity contribution in [1.29, 1.82) is 0 Å². The number of methoxy groups -OCH3 is 2. The molecule has 0 saturated heterocycles. The van der Waals surface area contributed by atoms with Crippen molar-refractivity contribution in [3.63, 3.8) is 0 Å². The summed E-state index contributed by atoms with van der Waals surface area (Å²) in [4.78, 5) is 12.4. The third-order valence-electron chi connectivity index (χ3n) is 4.38. The van der Waals surface area contributed by atoms with E-state index in [1.165, 1.54) is 69.0 Å². The third-order valence-corrected chi connectivity index (χ3v) is 6.02. The topological polar surface area (TPSA) is 126 Å². The summed E-state index contributed by atoms with van der Waals surface area (Å²) in [6, 6.07) is 14.7. The predicted octanol–water partition coefficient (Wildman–Crippen LogP) is 3.63. The molecule has 0 unspecified atom stereocenters. The Morgan fingerprint density at radius 3 is 2.27 bits per heavy atom. The van der Waals surface area contributed by atoms with Crippen LogP contribution in [0.5, 0.6) is 17.2 Å². The molecule has 0 atom stereocenters. The highest BCUT2D eigenvalue weighted by molar-refractivity contribution is 7.92. The van der Waals surface area contributed by atoms with E-state index in [9.17, 15) is 18.3 Å². The number of nitrogens with one attached hydrogen (secondary N) is 2. The van der Waals surface area contributed by atoms with Crippen LogP contribution in [-0.2, 0) is 10.0 Å². The van der Waals surface area contributed by atoms with Crippen LogP contribution in [0.2, 0.25) is 5.02 Å². The SMILES string of the molecule is COc1cc(/C=N/NC(=O)c2cccc(S(=O)(=O)Nc3ccc(Cl)cc3)c2)cc(OC)c1O. The molecule has 3 rings (SSSR count). The number of benzene rings is 3. The number of aromatic hydroxyl groups is 1. The lowest BCUT2D eigenvalue weighted by molar-refractivity contribution is 0.0955. The second-order valence-electron chi connectivity index (χ2n) is 6.61. The molecule has 3 aromatic carbocycles. The van der Waals surface area contributed by atoms with Crippen LogP contribution in [0.4, 0.5) is 5.69 Å². The fraction of sp³-hybridized carbons (Fsp3) is 0.0909. The van der Waals surface area contributed by atoms with E-state index >= 15 is 0 Å². The Hall–Kier alpha value is -3.76. The molecule has 0 radical (unpaired) electrons. The highest BCUT2D eigenvalue weighted by atomic mass is 35.5. The number of rotatable bonds is 8. The molecule has 0 aliphatic heterocycles. The van der Waals surface area contributed by atoms with Gasteiger partial charge in [0.15, 0.2) is 11.5 Å². The third kappa shape index (κ3) is 5.93. The Balaban J connectivity index is 1.74. The molecule has 0 spiro atoms. The maximum absolute atomic E-state index is 12.7. The number of hydrogen-bond acceptors (Lipinski definition) is 7. The summed E-state index contributed by atoms with van der Waals surface area (Å²) >= 11 is 5.82. The van der Waals surface area contributed by atoms with E-state index < -0.39 is 15.9 Å². The van der Waals surface area contributed by atoms with Gasteiger partial charge in [0.2, 0.25) is 5.75 Å². The summed E-state index contributed by atoms with van der Waals surface area (Å²) in [5.41, 5.74) is 3.24. The molecule has 9 nitrogen and oxygen atoms in total. The first-order valence-electron chi connectivity index (χ1n) is 9.40. The molecule has 33 heavy (non-hydrogen) atoms. The number of phenolic OH excluding ortho intramolecular Hbond substituents is 1.